The molecule has 1 aliphatic heterocycles. The van der Waals surface area contributed by atoms with Gasteiger partial charge in [-0.3, -0.25) is 9.59 Å². The lowest BCUT2D eigenvalue weighted by Crippen LogP contribution is -2.42. The molecule has 0 aromatic heterocycles. The molecule has 1 heterocycles. The fourth-order valence-corrected chi connectivity index (χ4v) is 3.38. The molecule has 7 heteroatoms. The lowest BCUT2D eigenvalue weighted by atomic mass is 10.1. The molecule has 3 rings (SSSR count). The van der Waals surface area contributed by atoms with Gasteiger partial charge < -0.3 is 15.0 Å². The number of nitrogens with zero attached hydrogens (tertiary/aromatic N) is 2. The molecular formula is C22H25N3O4. The second-order valence-electron chi connectivity index (χ2n) is 7.02. The average molecular weight is 395 g/mol. The third kappa shape index (κ3) is 4.39. The molecule has 0 spiro atoms. The van der Waals surface area contributed by atoms with Gasteiger partial charge in [-0.1, -0.05) is 18.2 Å². The van der Waals surface area contributed by atoms with Gasteiger partial charge in [0.05, 0.1) is 18.7 Å². The van der Waals surface area contributed by atoms with Crippen LogP contribution in [0, 0.1) is 0 Å². The van der Waals surface area contributed by atoms with Crippen LogP contribution in [0.5, 0.6) is 5.75 Å². The van der Waals surface area contributed by atoms with Crippen LogP contribution in [0.2, 0.25) is 0 Å². The lowest BCUT2D eigenvalue weighted by Gasteiger charge is -2.25. The number of ether oxygens (including phenoxy) is 1. The molecule has 1 saturated heterocycles. The number of urea groups is 1. The van der Waals surface area contributed by atoms with Gasteiger partial charge >= 0.3 is 6.03 Å². The molecule has 0 saturated carbocycles. The number of nitrogens with one attached hydrogen (secondary N) is 1. The number of para-hydroxylation sites is 1. The van der Waals surface area contributed by atoms with Gasteiger partial charge in [-0.2, -0.15) is 0 Å². The molecule has 152 valence electrons. The number of benzene rings is 2. The third-order valence-corrected chi connectivity index (χ3v) is 4.65. The number of carbonyl (C=O) groups excluding carboxylic acids is 3. The topological polar surface area (TPSA) is 79.0 Å². The molecule has 1 fully saturated rings. The van der Waals surface area contributed by atoms with Crippen molar-refractivity contribution in [3.63, 3.8) is 0 Å². The number of amides is 4. The summed E-state index contributed by atoms with van der Waals surface area (Å²) in [5.41, 5.74) is 1.11. The molecule has 29 heavy (non-hydrogen) atoms. The van der Waals surface area contributed by atoms with Crippen molar-refractivity contribution in [2.24, 2.45) is 0 Å². The van der Waals surface area contributed by atoms with Crippen molar-refractivity contribution in [1.29, 1.82) is 0 Å². The fourth-order valence-electron chi connectivity index (χ4n) is 3.38. The van der Waals surface area contributed by atoms with Crippen LogP contribution in [0.4, 0.5) is 16.2 Å². The van der Waals surface area contributed by atoms with Gasteiger partial charge in [0.1, 0.15) is 11.8 Å². The molecule has 0 bridgehead atoms. The first kappa shape index (κ1) is 20.4. The Morgan fingerprint density at radius 3 is 2.31 bits per heavy atom. The Labute approximate surface area is 170 Å². The molecule has 1 atom stereocenters. The van der Waals surface area contributed by atoms with E-state index in [2.05, 4.69) is 5.32 Å². The molecule has 4 amide bonds. The highest BCUT2D eigenvalue weighted by Crippen LogP contribution is 2.28. The highest BCUT2D eigenvalue weighted by Gasteiger charge is 2.47. The minimum absolute atomic E-state index is 0.112. The van der Waals surface area contributed by atoms with E-state index >= 15 is 0 Å². The maximum Gasteiger partial charge on any atom is 0.332 e. The first-order valence-electron chi connectivity index (χ1n) is 9.66. The van der Waals surface area contributed by atoms with Crippen LogP contribution < -0.4 is 15.0 Å². The molecule has 2 aromatic rings. The van der Waals surface area contributed by atoms with Crippen molar-refractivity contribution >= 4 is 29.2 Å². The maximum absolute atomic E-state index is 13.0. The van der Waals surface area contributed by atoms with E-state index in [0.29, 0.717) is 23.7 Å². The third-order valence-electron chi connectivity index (χ3n) is 4.65. The predicted molar refractivity (Wildman–Crippen MR) is 111 cm³/mol. The predicted octanol–water partition coefficient (Wildman–Crippen LogP) is 3.66. The molecule has 0 aliphatic carbocycles. The minimum atomic E-state index is -0.842. The first-order valence-corrected chi connectivity index (χ1v) is 9.66. The normalized spacial score (nSPS) is 16.5. The van der Waals surface area contributed by atoms with Gasteiger partial charge in [0.2, 0.25) is 5.91 Å². The molecule has 0 unspecified atom stereocenters. The van der Waals surface area contributed by atoms with Crippen molar-refractivity contribution in [3.05, 3.63) is 54.6 Å². The van der Waals surface area contributed by atoms with Crippen molar-refractivity contribution in [2.75, 3.05) is 16.8 Å². The Hall–Kier alpha value is -3.35. The highest BCUT2D eigenvalue weighted by molar-refractivity contribution is 6.22. The zero-order valence-corrected chi connectivity index (χ0v) is 16.8. The number of carbonyl (C=O) groups is 3. The van der Waals surface area contributed by atoms with Gasteiger partial charge in [-0.05, 0) is 57.2 Å². The summed E-state index contributed by atoms with van der Waals surface area (Å²) in [7, 11) is 0. The number of hydrogen-bond acceptors (Lipinski definition) is 4. The van der Waals surface area contributed by atoms with E-state index in [0.717, 1.165) is 4.90 Å². The van der Waals surface area contributed by atoms with E-state index < -0.39 is 18.0 Å². The average Bonchev–Trinajstić information content (AvgIpc) is 2.94. The number of rotatable bonds is 7. The SMILES string of the molecule is CCOc1ccc(NC(=O)C[C@H]2C(=O)N(c3ccccc3)C(=O)N2C(C)C)cc1. The first-order chi connectivity index (χ1) is 13.9. The fraction of sp³-hybridized carbons (Fsp3) is 0.318. The smallest absolute Gasteiger partial charge is 0.332 e. The zero-order valence-electron chi connectivity index (χ0n) is 16.8. The van der Waals surface area contributed by atoms with Crippen molar-refractivity contribution in [2.45, 2.75) is 39.3 Å². The van der Waals surface area contributed by atoms with E-state index in [9.17, 15) is 14.4 Å². The van der Waals surface area contributed by atoms with E-state index in [1.54, 1.807) is 48.5 Å². The lowest BCUT2D eigenvalue weighted by molar-refractivity contribution is -0.124. The van der Waals surface area contributed by atoms with Crippen LogP contribution in [-0.4, -0.2) is 41.4 Å². The largest absolute Gasteiger partial charge is 0.494 e. The zero-order chi connectivity index (χ0) is 21.0. The van der Waals surface area contributed by atoms with E-state index in [-0.39, 0.29) is 18.4 Å². The Balaban J connectivity index is 1.74. The van der Waals surface area contributed by atoms with Crippen molar-refractivity contribution in [1.82, 2.24) is 4.90 Å². The summed E-state index contributed by atoms with van der Waals surface area (Å²) in [4.78, 5) is 41.1. The summed E-state index contributed by atoms with van der Waals surface area (Å²) in [6, 6.07) is 14.3. The second-order valence-corrected chi connectivity index (χ2v) is 7.02. The Kier molecular flexibility index (Phi) is 6.16. The monoisotopic (exact) mass is 395 g/mol. The molecule has 1 N–H and O–H groups in total. The van der Waals surface area contributed by atoms with E-state index in [1.165, 1.54) is 4.90 Å². The van der Waals surface area contributed by atoms with Crippen LogP contribution in [0.3, 0.4) is 0 Å². The van der Waals surface area contributed by atoms with Gasteiger partial charge in [-0.15, -0.1) is 0 Å². The Bertz CT molecular complexity index is 881. The van der Waals surface area contributed by atoms with Gasteiger partial charge in [-0.25, -0.2) is 9.69 Å². The van der Waals surface area contributed by atoms with E-state index in [4.69, 9.17) is 4.74 Å². The summed E-state index contributed by atoms with van der Waals surface area (Å²) >= 11 is 0. The van der Waals surface area contributed by atoms with Gasteiger partial charge in [0.25, 0.3) is 5.91 Å². The van der Waals surface area contributed by atoms with E-state index in [1.807, 2.05) is 26.8 Å². The summed E-state index contributed by atoms with van der Waals surface area (Å²) in [5, 5.41) is 2.78. The van der Waals surface area contributed by atoms with Crippen LogP contribution >= 0.6 is 0 Å². The quantitative estimate of drug-likeness (QED) is 0.726. The van der Waals surface area contributed by atoms with Crippen molar-refractivity contribution in [3.8, 4) is 5.75 Å². The summed E-state index contributed by atoms with van der Waals surface area (Å²) in [6.07, 6.45) is -0.112. The minimum Gasteiger partial charge on any atom is -0.494 e. The standard InChI is InChI=1S/C22H25N3O4/c1-4-29-18-12-10-16(11-13-18)23-20(26)14-19-21(27)25(17-8-6-5-7-9-17)22(28)24(19)15(2)3/h5-13,15,19H,4,14H2,1-3H3,(H,23,26)/t19-/m0/s1. The Morgan fingerprint density at radius 2 is 1.72 bits per heavy atom. The van der Waals surface area contributed by atoms with Crippen LogP contribution in [-0.2, 0) is 9.59 Å². The summed E-state index contributed by atoms with van der Waals surface area (Å²) in [6.45, 7) is 6.12. The highest BCUT2D eigenvalue weighted by atomic mass is 16.5. The molecule has 0 radical (unpaired) electrons. The Morgan fingerprint density at radius 1 is 1.07 bits per heavy atom. The van der Waals surface area contributed by atoms with Gasteiger partial charge in [0.15, 0.2) is 0 Å². The van der Waals surface area contributed by atoms with Gasteiger partial charge in [0, 0.05) is 11.7 Å². The second kappa shape index (κ2) is 8.77. The summed E-state index contributed by atoms with van der Waals surface area (Å²) in [5.74, 6) is -0.0100. The number of imide groups is 1. The molecular weight excluding hydrogens is 370 g/mol. The maximum atomic E-state index is 13.0. The number of hydrogen-bond donors (Lipinski definition) is 1. The molecule has 7 nitrogen and oxygen atoms in total. The van der Waals surface area contributed by atoms with Crippen LogP contribution in [0.1, 0.15) is 27.2 Å². The van der Waals surface area contributed by atoms with Crippen LogP contribution in [0.15, 0.2) is 54.6 Å². The van der Waals surface area contributed by atoms with Crippen molar-refractivity contribution < 1.29 is 19.1 Å². The summed E-state index contributed by atoms with van der Waals surface area (Å²) < 4.78 is 5.39. The number of anilines is 2. The molecule has 2 aromatic carbocycles. The molecule has 1 aliphatic rings. The van der Waals surface area contributed by atoms with Crippen LogP contribution in [0.25, 0.3) is 0 Å².